The van der Waals surface area contributed by atoms with Gasteiger partial charge in [-0.15, -0.1) is 0 Å². The molecule has 0 aliphatic heterocycles. The van der Waals surface area contributed by atoms with Gasteiger partial charge in [-0.2, -0.15) is 5.26 Å². The molecule has 1 heterocycles. The molecule has 1 fully saturated rings. The van der Waals surface area contributed by atoms with Gasteiger partial charge < -0.3 is 9.64 Å². The minimum atomic E-state index is -0.786. The van der Waals surface area contributed by atoms with E-state index >= 15 is 0 Å². The Hall–Kier alpha value is -2.49. The first-order valence-corrected chi connectivity index (χ1v) is 7.62. The van der Waals surface area contributed by atoms with E-state index in [4.69, 9.17) is 4.74 Å². The van der Waals surface area contributed by atoms with Crippen molar-refractivity contribution in [3.63, 3.8) is 0 Å². The van der Waals surface area contributed by atoms with Gasteiger partial charge in [0.2, 0.25) is 0 Å². The van der Waals surface area contributed by atoms with Crippen LogP contribution < -0.4 is 0 Å². The summed E-state index contributed by atoms with van der Waals surface area (Å²) in [4.78, 5) is 33.4. The summed E-state index contributed by atoms with van der Waals surface area (Å²) in [5.74, 6) is -1.09. The largest absolute Gasteiger partial charge is 0.451 e. The molecule has 122 valence electrons. The third-order valence-corrected chi connectivity index (χ3v) is 4.22. The molecule has 0 N–H and O–H groups in total. The molecule has 1 amide bonds. The molecule has 1 saturated carbocycles. The smallest absolute Gasteiger partial charge is 0.359 e. The summed E-state index contributed by atoms with van der Waals surface area (Å²) >= 11 is 0. The van der Waals surface area contributed by atoms with Gasteiger partial charge in [-0.25, -0.2) is 9.78 Å². The first-order chi connectivity index (χ1) is 11.0. The molecule has 23 heavy (non-hydrogen) atoms. The molecule has 0 bridgehead atoms. The topological polar surface area (TPSA) is 96.2 Å². The van der Waals surface area contributed by atoms with Crippen LogP contribution in [0.2, 0.25) is 0 Å². The van der Waals surface area contributed by atoms with Gasteiger partial charge in [0.1, 0.15) is 5.54 Å². The number of nitriles is 1. The van der Waals surface area contributed by atoms with Crippen LogP contribution in [0.5, 0.6) is 0 Å². The molecule has 2 rings (SSSR count). The normalized spacial score (nSPS) is 16.2. The average molecular weight is 316 g/mol. The van der Waals surface area contributed by atoms with Gasteiger partial charge in [-0.3, -0.25) is 9.78 Å². The standard InChI is InChI=1S/C16H20N4O3/c1-12-8-19-13(9-18-12)15(22)23-10-14(21)20(2)16(11-17)6-4-3-5-7-16/h8-9H,3-7,10H2,1-2H3. The summed E-state index contributed by atoms with van der Waals surface area (Å²) in [6, 6.07) is 2.27. The molecular formula is C16H20N4O3. The zero-order valence-corrected chi connectivity index (χ0v) is 13.4. The Labute approximate surface area is 135 Å². The number of hydrogen-bond acceptors (Lipinski definition) is 6. The maximum absolute atomic E-state index is 12.3. The molecule has 0 atom stereocenters. The van der Waals surface area contributed by atoms with E-state index in [0.717, 1.165) is 19.3 Å². The van der Waals surface area contributed by atoms with Gasteiger partial charge in [0.15, 0.2) is 12.3 Å². The molecular weight excluding hydrogens is 296 g/mol. The first kappa shape index (κ1) is 16.9. The molecule has 0 spiro atoms. The van der Waals surface area contributed by atoms with E-state index < -0.39 is 18.1 Å². The van der Waals surface area contributed by atoms with Gasteiger partial charge in [-0.1, -0.05) is 19.3 Å². The summed E-state index contributed by atoms with van der Waals surface area (Å²) < 4.78 is 4.99. The number of rotatable bonds is 4. The average Bonchev–Trinajstić information content (AvgIpc) is 2.59. The molecule has 0 radical (unpaired) electrons. The van der Waals surface area contributed by atoms with Crippen molar-refractivity contribution in [1.82, 2.24) is 14.9 Å². The zero-order valence-electron chi connectivity index (χ0n) is 13.4. The Balaban J connectivity index is 1.94. The predicted octanol–water partition coefficient (Wildman–Crippen LogP) is 1.63. The highest BCUT2D eigenvalue weighted by Gasteiger charge is 2.39. The van der Waals surface area contributed by atoms with Crippen LogP contribution in [-0.4, -0.2) is 45.9 Å². The lowest BCUT2D eigenvalue weighted by atomic mass is 9.81. The van der Waals surface area contributed by atoms with Gasteiger partial charge in [0, 0.05) is 13.2 Å². The number of aryl methyl sites for hydroxylation is 1. The van der Waals surface area contributed by atoms with Gasteiger partial charge in [-0.05, 0) is 19.8 Å². The van der Waals surface area contributed by atoms with Crippen molar-refractivity contribution in [2.24, 2.45) is 0 Å². The fraction of sp³-hybridized carbons (Fsp3) is 0.562. The predicted molar refractivity (Wildman–Crippen MR) is 81.3 cm³/mol. The Kier molecular flexibility index (Phi) is 5.27. The monoisotopic (exact) mass is 316 g/mol. The van der Waals surface area contributed by atoms with E-state index in [1.54, 1.807) is 14.0 Å². The lowest BCUT2D eigenvalue weighted by Gasteiger charge is -2.38. The second-order valence-corrected chi connectivity index (χ2v) is 5.78. The van der Waals surface area contributed by atoms with Crippen molar-refractivity contribution in [3.05, 3.63) is 23.8 Å². The van der Waals surface area contributed by atoms with Crippen molar-refractivity contribution in [2.75, 3.05) is 13.7 Å². The Morgan fingerprint density at radius 2 is 2.00 bits per heavy atom. The van der Waals surface area contributed by atoms with E-state index in [1.165, 1.54) is 17.3 Å². The Bertz CT molecular complexity index is 615. The van der Waals surface area contributed by atoms with E-state index in [-0.39, 0.29) is 11.6 Å². The Morgan fingerprint density at radius 3 is 2.57 bits per heavy atom. The second-order valence-electron chi connectivity index (χ2n) is 5.78. The number of ether oxygens (including phenoxy) is 1. The van der Waals surface area contributed by atoms with Crippen LogP contribution in [0, 0.1) is 18.3 Å². The van der Waals surface area contributed by atoms with Crippen LogP contribution in [0.15, 0.2) is 12.4 Å². The molecule has 1 aromatic rings. The molecule has 0 unspecified atom stereocenters. The van der Waals surface area contributed by atoms with Crippen molar-refractivity contribution in [2.45, 2.75) is 44.6 Å². The zero-order chi connectivity index (χ0) is 16.9. The third kappa shape index (κ3) is 3.83. The quantitative estimate of drug-likeness (QED) is 0.783. The highest BCUT2D eigenvalue weighted by Crippen LogP contribution is 2.32. The minimum Gasteiger partial charge on any atom is -0.451 e. The minimum absolute atomic E-state index is 0.0544. The number of carbonyl (C=O) groups is 2. The van der Waals surface area contributed by atoms with Crippen molar-refractivity contribution >= 4 is 11.9 Å². The summed E-state index contributed by atoms with van der Waals surface area (Å²) in [7, 11) is 1.59. The summed E-state index contributed by atoms with van der Waals surface area (Å²) in [5.41, 5.74) is -0.0462. The molecule has 1 aromatic heterocycles. The van der Waals surface area contributed by atoms with Crippen LogP contribution in [0.4, 0.5) is 0 Å². The van der Waals surface area contributed by atoms with Gasteiger partial charge >= 0.3 is 5.97 Å². The summed E-state index contributed by atoms with van der Waals surface area (Å²) in [6.45, 7) is 1.35. The van der Waals surface area contributed by atoms with E-state index in [0.29, 0.717) is 18.5 Å². The highest BCUT2D eigenvalue weighted by atomic mass is 16.5. The van der Waals surface area contributed by atoms with Crippen LogP contribution >= 0.6 is 0 Å². The number of carbonyl (C=O) groups excluding carboxylic acids is 2. The fourth-order valence-corrected chi connectivity index (χ4v) is 2.69. The fourth-order valence-electron chi connectivity index (χ4n) is 2.69. The SMILES string of the molecule is Cc1cnc(C(=O)OCC(=O)N(C)C2(C#N)CCCCC2)cn1. The molecule has 1 aliphatic carbocycles. The summed E-state index contributed by atoms with van der Waals surface area (Å²) in [5, 5.41) is 9.47. The van der Waals surface area contributed by atoms with E-state index in [9.17, 15) is 14.9 Å². The van der Waals surface area contributed by atoms with Gasteiger partial charge in [0.05, 0.1) is 18.0 Å². The Morgan fingerprint density at radius 1 is 1.30 bits per heavy atom. The third-order valence-electron chi connectivity index (χ3n) is 4.22. The number of hydrogen-bond donors (Lipinski definition) is 0. The molecule has 7 nitrogen and oxygen atoms in total. The maximum atomic E-state index is 12.3. The lowest BCUT2D eigenvalue weighted by molar-refractivity contribution is -0.138. The van der Waals surface area contributed by atoms with Crippen molar-refractivity contribution in [1.29, 1.82) is 5.26 Å². The van der Waals surface area contributed by atoms with Crippen LogP contribution in [-0.2, 0) is 9.53 Å². The van der Waals surface area contributed by atoms with Crippen molar-refractivity contribution < 1.29 is 14.3 Å². The second kappa shape index (κ2) is 7.18. The first-order valence-electron chi connectivity index (χ1n) is 7.62. The van der Waals surface area contributed by atoms with Crippen LogP contribution in [0.1, 0.15) is 48.3 Å². The van der Waals surface area contributed by atoms with E-state index in [1.807, 2.05) is 0 Å². The summed E-state index contributed by atoms with van der Waals surface area (Å²) in [6.07, 6.45) is 6.99. The van der Waals surface area contributed by atoms with Crippen molar-refractivity contribution in [3.8, 4) is 6.07 Å². The van der Waals surface area contributed by atoms with Crippen LogP contribution in [0.3, 0.4) is 0 Å². The molecule has 0 saturated heterocycles. The molecule has 1 aliphatic rings. The number of likely N-dealkylation sites (N-methyl/N-ethyl adjacent to an activating group) is 1. The number of amides is 1. The lowest BCUT2D eigenvalue weighted by Crippen LogP contribution is -2.51. The van der Waals surface area contributed by atoms with E-state index in [2.05, 4.69) is 16.0 Å². The van der Waals surface area contributed by atoms with Crippen LogP contribution in [0.25, 0.3) is 0 Å². The molecule has 7 heteroatoms. The maximum Gasteiger partial charge on any atom is 0.359 e. The number of nitrogens with zero attached hydrogens (tertiary/aromatic N) is 4. The number of aromatic nitrogens is 2. The number of esters is 1. The van der Waals surface area contributed by atoms with Gasteiger partial charge in [0.25, 0.3) is 5.91 Å². The molecule has 0 aromatic carbocycles. The highest BCUT2D eigenvalue weighted by molar-refractivity contribution is 5.89.